The van der Waals surface area contributed by atoms with Gasteiger partial charge in [0.15, 0.2) is 0 Å². The molecule has 0 saturated carbocycles. The first kappa shape index (κ1) is 5.61. The Kier molecular flexibility index (Phi) is 1.74. The fourth-order valence-corrected chi connectivity index (χ4v) is 1.40. The van der Waals surface area contributed by atoms with Gasteiger partial charge in [0.25, 0.3) is 0 Å². The molecule has 1 aliphatic heterocycles. The van der Waals surface area contributed by atoms with E-state index in [-0.39, 0.29) is 0 Å². The molecule has 7 heavy (non-hydrogen) atoms. The maximum atomic E-state index is 5.60. The Morgan fingerprint density at radius 3 is 2.71 bits per heavy atom. The van der Waals surface area contributed by atoms with Gasteiger partial charge in [-0.1, -0.05) is 0 Å². The Bertz CT molecular complexity index is 91.7. The minimum atomic E-state index is 0.356. The van der Waals surface area contributed by atoms with Gasteiger partial charge in [0.05, 0.1) is 0 Å². The van der Waals surface area contributed by atoms with Crippen molar-refractivity contribution in [2.24, 2.45) is 5.73 Å². The first-order valence-corrected chi connectivity index (χ1v) is 3.80. The zero-order valence-corrected chi connectivity index (χ0v) is 6.91. The third kappa shape index (κ3) is 1.18. The topological polar surface area (TPSA) is 38.0 Å². The fourth-order valence-electron chi connectivity index (χ4n) is 0.613. The SMILES string of the molecule is NC1CCN[C]1=[W]. The van der Waals surface area contributed by atoms with E-state index in [0.29, 0.717) is 6.04 Å². The second-order valence-electron chi connectivity index (χ2n) is 1.69. The molecule has 0 aliphatic carbocycles. The molecule has 3 N–H and O–H groups in total. The van der Waals surface area contributed by atoms with Crippen LogP contribution >= 0.6 is 0 Å². The fraction of sp³-hybridized carbons (Fsp3) is 0.750. The average molecular weight is 268 g/mol. The van der Waals surface area contributed by atoms with Gasteiger partial charge in [0.2, 0.25) is 0 Å². The number of nitrogens with two attached hydrogens (primary N) is 1. The van der Waals surface area contributed by atoms with Crippen molar-refractivity contribution in [3.05, 3.63) is 0 Å². The van der Waals surface area contributed by atoms with E-state index in [4.69, 9.17) is 5.73 Å². The van der Waals surface area contributed by atoms with E-state index in [2.05, 4.69) is 5.32 Å². The van der Waals surface area contributed by atoms with Crippen molar-refractivity contribution in [3.63, 3.8) is 0 Å². The van der Waals surface area contributed by atoms with Crippen LogP contribution in [0.4, 0.5) is 0 Å². The molecule has 1 atom stereocenters. The Morgan fingerprint density at radius 2 is 2.57 bits per heavy atom. The Balaban J connectivity index is 2.48. The third-order valence-corrected chi connectivity index (χ3v) is 2.70. The van der Waals surface area contributed by atoms with Crippen LogP contribution in [0.3, 0.4) is 0 Å². The molecule has 0 bridgehead atoms. The van der Waals surface area contributed by atoms with E-state index in [0.717, 1.165) is 13.0 Å². The van der Waals surface area contributed by atoms with Crippen molar-refractivity contribution in [1.82, 2.24) is 5.32 Å². The molecule has 2 nitrogen and oxygen atoms in total. The normalized spacial score (nSPS) is 31.6. The molecule has 0 spiro atoms. The van der Waals surface area contributed by atoms with Gasteiger partial charge >= 0.3 is 53.4 Å². The van der Waals surface area contributed by atoms with Gasteiger partial charge in [-0.2, -0.15) is 0 Å². The van der Waals surface area contributed by atoms with Crippen molar-refractivity contribution in [2.75, 3.05) is 6.54 Å². The third-order valence-electron chi connectivity index (χ3n) is 1.09. The van der Waals surface area contributed by atoms with Crippen LogP contribution in [-0.4, -0.2) is 16.6 Å². The Labute approximate surface area is 53.9 Å². The van der Waals surface area contributed by atoms with E-state index in [1.54, 1.807) is 0 Å². The number of hydrogen-bond acceptors (Lipinski definition) is 2. The molecule has 3 heteroatoms. The first-order valence-electron chi connectivity index (χ1n) is 2.34. The molecule has 0 aromatic heterocycles. The van der Waals surface area contributed by atoms with Crippen molar-refractivity contribution < 1.29 is 19.4 Å². The van der Waals surface area contributed by atoms with Crippen LogP contribution in [0, 0.1) is 0 Å². The van der Waals surface area contributed by atoms with Crippen molar-refractivity contribution in [2.45, 2.75) is 12.5 Å². The van der Waals surface area contributed by atoms with Crippen LogP contribution in [-0.2, 0) is 19.4 Å². The second kappa shape index (κ2) is 2.16. The van der Waals surface area contributed by atoms with Crippen LogP contribution in [0.1, 0.15) is 6.42 Å². The molecule has 1 fully saturated rings. The summed E-state index contributed by atoms with van der Waals surface area (Å²) in [6.07, 6.45) is 1.12. The number of rotatable bonds is 0. The van der Waals surface area contributed by atoms with Crippen LogP contribution in [0.2, 0.25) is 0 Å². The van der Waals surface area contributed by atoms with Gasteiger partial charge < -0.3 is 0 Å². The molecule has 1 aliphatic rings. The van der Waals surface area contributed by atoms with Crippen LogP contribution in [0.5, 0.6) is 0 Å². The van der Waals surface area contributed by atoms with Gasteiger partial charge in [-0.25, -0.2) is 0 Å². The van der Waals surface area contributed by atoms with E-state index >= 15 is 0 Å². The predicted molar refractivity (Wildman–Crippen MR) is 25.6 cm³/mol. The quantitative estimate of drug-likeness (QED) is 0.590. The summed E-state index contributed by atoms with van der Waals surface area (Å²) >= 11 is 1.49. The van der Waals surface area contributed by atoms with Gasteiger partial charge in [0.1, 0.15) is 0 Å². The summed E-state index contributed by atoms with van der Waals surface area (Å²) in [7, 11) is 0. The monoisotopic (exact) mass is 268 g/mol. The molecule has 0 aromatic rings. The molecule has 0 radical (unpaired) electrons. The molecular formula is C4H8N2W. The summed E-state index contributed by atoms with van der Waals surface area (Å²) in [4.78, 5) is 0. The number of hydrogen-bond donors (Lipinski definition) is 2. The Morgan fingerprint density at radius 1 is 1.86 bits per heavy atom. The molecule has 0 amide bonds. The first-order chi connectivity index (χ1) is 3.30. The van der Waals surface area contributed by atoms with Crippen molar-refractivity contribution in [3.8, 4) is 0 Å². The van der Waals surface area contributed by atoms with Crippen LogP contribution in [0.15, 0.2) is 0 Å². The molecule has 40 valence electrons. The molecule has 1 saturated heterocycles. The number of nitrogens with one attached hydrogen (secondary N) is 1. The van der Waals surface area contributed by atoms with E-state index < -0.39 is 0 Å². The van der Waals surface area contributed by atoms with Gasteiger partial charge in [0, 0.05) is 0 Å². The van der Waals surface area contributed by atoms with E-state index in [9.17, 15) is 0 Å². The summed E-state index contributed by atoms with van der Waals surface area (Å²) in [5, 5.41) is 3.20. The van der Waals surface area contributed by atoms with E-state index in [1.807, 2.05) is 0 Å². The molecule has 0 aromatic carbocycles. The summed E-state index contributed by atoms with van der Waals surface area (Å²) in [6.45, 7) is 1.08. The second-order valence-corrected chi connectivity index (χ2v) is 3.27. The van der Waals surface area contributed by atoms with Gasteiger partial charge in [-0.3, -0.25) is 0 Å². The molecule has 1 rings (SSSR count). The zero-order chi connectivity index (χ0) is 5.28. The van der Waals surface area contributed by atoms with Crippen molar-refractivity contribution >= 4 is 4.02 Å². The van der Waals surface area contributed by atoms with E-state index in [1.165, 1.54) is 23.4 Å². The average Bonchev–Trinajstić information content (AvgIpc) is 1.91. The zero-order valence-electron chi connectivity index (χ0n) is 3.98. The molecule has 1 unspecified atom stereocenters. The van der Waals surface area contributed by atoms with Crippen molar-refractivity contribution in [1.29, 1.82) is 0 Å². The van der Waals surface area contributed by atoms with Gasteiger partial charge in [-0.15, -0.1) is 0 Å². The summed E-state index contributed by atoms with van der Waals surface area (Å²) in [5.41, 5.74) is 5.60. The minimum absolute atomic E-state index is 0.356. The van der Waals surface area contributed by atoms with Crippen LogP contribution in [0.25, 0.3) is 0 Å². The molecule has 1 heterocycles. The maximum absolute atomic E-state index is 5.60. The van der Waals surface area contributed by atoms with Gasteiger partial charge in [-0.05, 0) is 0 Å². The Hall–Kier alpha value is 0.478. The molecular weight excluding hydrogens is 260 g/mol. The predicted octanol–water partition coefficient (Wildman–Crippen LogP) is -1.02. The van der Waals surface area contributed by atoms with Crippen LogP contribution < -0.4 is 11.1 Å². The summed E-state index contributed by atoms with van der Waals surface area (Å²) in [5.74, 6) is 0. The summed E-state index contributed by atoms with van der Waals surface area (Å²) in [6, 6.07) is 0.356. The summed E-state index contributed by atoms with van der Waals surface area (Å²) < 4.78 is 1.32. The standard InChI is InChI=1S/C4H8N2.W/c5-4-1-2-6-3-4;/h4,6H,1-2,5H2;.